The molecule has 3 amide bonds. The van der Waals surface area contributed by atoms with Crippen LogP contribution in [0.3, 0.4) is 0 Å². The number of amides is 3. The van der Waals surface area contributed by atoms with Gasteiger partial charge in [-0.3, -0.25) is 19.4 Å². The number of hydrogen-bond donors (Lipinski definition) is 2. The third kappa shape index (κ3) is 9.00. The highest BCUT2D eigenvalue weighted by atomic mass is 19.3. The molecule has 1 aliphatic rings. The summed E-state index contributed by atoms with van der Waals surface area (Å²) < 4.78 is 45.2. The normalized spacial score (nSPS) is 15.6. The predicted molar refractivity (Wildman–Crippen MR) is 164 cm³/mol. The minimum atomic E-state index is -3.15. The van der Waals surface area contributed by atoms with Gasteiger partial charge < -0.3 is 34.6 Å². The number of carbonyl (C=O) groups excluding carboxylic acids is 3. The molecule has 2 heterocycles. The van der Waals surface area contributed by atoms with Gasteiger partial charge in [-0.15, -0.1) is 0 Å². The first-order valence-corrected chi connectivity index (χ1v) is 14.6. The Bertz CT molecular complexity index is 1520. The zero-order valence-corrected chi connectivity index (χ0v) is 25.9. The summed E-state index contributed by atoms with van der Waals surface area (Å²) >= 11 is 0. The second kappa shape index (κ2) is 15.0. The summed E-state index contributed by atoms with van der Waals surface area (Å²) in [5.74, 6) is -3.31. The molecule has 1 saturated heterocycles. The standard InChI is InChI=1S/C32H39F2N5O6/c1-38(2)12-5-13-45-23-7-8-26-25(16-23)24(10-11-35-26)31(42)37-19-30(41)39-20-32(33,34)17-22(39)15-29(40)36-18-21-6-9-27(43-3)28(14-21)44-4/h6-11,14,16,22H,5,12-13,15,17-20H2,1-4H3,(H,36,40)(H,37,42)/t22-/m1/s1. The summed E-state index contributed by atoms with van der Waals surface area (Å²) in [6.07, 6.45) is 1.34. The van der Waals surface area contributed by atoms with E-state index >= 15 is 0 Å². The molecule has 0 spiro atoms. The topological polar surface area (TPSA) is 122 Å². The Labute approximate surface area is 260 Å². The molecule has 0 radical (unpaired) electrons. The zero-order chi connectivity index (χ0) is 32.6. The van der Waals surface area contributed by atoms with Crippen molar-refractivity contribution in [1.82, 2.24) is 25.4 Å². The molecule has 13 heteroatoms. The van der Waals surface area contributed by atoms with Crippen molar-refractivity contribution in [2.45, 2.75) is 37.8 Å². The number of nitrogens with one attached hydrogen (secondary N) is 2. The van der Waals surface area contributed by atoms with E-state index in [-0.39, 0.29) is 18.5 Å². The van der Waals surface area contributed by atoms with Crippen molar-refractivity contribution in [1.29, 1.82) is 0 Å². The molecule has 0 bridgehead atoms. The highest BCUT2D eigenvalue weighted by Gasteiger charge is 2.47. The van der Waals surface area contributed by atoms with Crippen LogP contribution in [0.25, 0.3) is 10.9 Å². The van der Waals surface area contributed by atoms with E-state index in [4.69, 9.17) is 14.2 Å². The van der Waals surface area contributed by atoms with Crippen molar-refractivity contribution in [3.63, 3.8) is 0 Å². The average molecular weight is 628 g/mol. The number of rotatable bonds is 14. The molecule has 45 heavy (non-hydrogen) atoms. The van der Waals surface area contributed by atoms with Gasteiger partial charge in [0.05, 0.1) is 45.0 Å². The van der Waals surface area contributed by atoms with E-state index in [1.54, 1.807) is 36.4 Å². The molecule has 0 aliphatic carbocycles. The minimum absolute atomic E-state index is 0.134. The van der Waals surface area contributed by atoms with Crippen LogP contribution in [0.5, 0.6) is 17.2 Å². The van der Waals surface area contributed by atoms with Crippen LogP contribution in [-0.2, 0) is 16.1 Å². The van der Waals surface area contributed by atoms with Gasteiger partial charge in [0.2, 0.25) is 11.8 Å². The molecule has 4 rings (SSSR count). The number of halogens is 2. The van der Waals surface area contributed by atoms with Crippen molar-refractivity contribution in [3.05, 3.63) is 59.8 Å². The Kier molecular flexibility index (Phi) is 11.1. The van der Waals surface area contributed by atoms with Gasteiger partial charge in [0.1, 0.15) is 5.75 Å². The SMILES string of the molecule is COc1ccc(CNC(=O)C[C@@H]2CC(F)(F)CN2C(=O)CNC(=O)c2ccnc3ccc(OCCCN(C)C)cc23)cc1OC. The Balaban J connectivity index is 1.35. The van der Waals surface area contributed by atoms with Crippen molar-refractivity contribution < 1.29 is 37.4 Å². The van der Waals surface area contributed by atoms with Gasteiger partial charge in [-0.2, -0.15) is 0 Å². The van der Waals surface area contributed by atoms with Crippen molar-refractivity contribution in [2.75, 3.05) is 54.6 Å². The molecule has 1 aromatic heterocycles. The quantitative estimate of drug-likeness (QED) is 0.261. The Hall–Kier alpha value is -4.52. The summed E-state index contributed by atoms with van der Waals surface area (Å²) in [4.78, 5) is 46.2. The molecule has 242 valence electrons. The van der Waals surface area contributed by atoms with E-state index in [2.05, 4.69) is 20.5 Å². The van der Waals surface area contributed by atoms with Crippen LogP contribution in [0.4, 0.5) is 8.78 Å². The molecule has 1 aliphatic heterocycles. The Morgan fingerprint density at radius 2 is 1.82 bits per heavy atom. The number of aromatic nitrogens is 1. The van der Waals surface area contributed by atoms with E-state index < -0.39 is 49.2 Å². The lowest BCUT2D eigenvalue weighted by Gasteiger charge is -2.24. The van der Waals surface area contributed by atoms with Crippen LogP contribution in [0.2, 0.25) is 0 Å². The van der Waals surface area contributed by atoms with Gasteiger partial charge >= 0.3 is 0 Å². The molecular formula is C32H39F2N5O6. The number of ether oxygens (including phenoxy) is 3. The maximum absolute atomic E-state index is 14.4. The number of nitrogens with zero attached hydrogens (tertiary/aromatic N) is 3. The number of carbonyl (C=O) groups is 3. The fraction of sp³-hybridized carbons (Fsp3) is 0.438. The fourth-order valence-corrected chi connectivity index (χ4v) is 5.19. The lowest BCUT2D eigenvalue weighted by Crippen LogP contribution is -2.44. The highest BCUT2D eigenvalue weighted by Crippen LogP contribution is 2.34. The van der Waals surface area contributed by atoms with E-state index in [1.165, 1.54) is 26.5 Å². The van der Waals surface area contributed by atoms with E-state index in [1.807, 2.05) is 14.1 Å². The van der Waals surface area contributed by atoms with Gasteiger partial charge in [0, 0.05) is 43.6 Å². The lowest BCUT2D eigenvalue weighted by molar-refractivity contribution is -0.133. The molecular weight excluding hydrogens is 588 g/mol. The number of likely N-dealkylation sites (tertiary alicyclic amines) is 1. The largest absolute Gasteiger partial charge is 0.494 e. The molecule has 1 fully saturated rings. The van der Waals surface area contributed by atoms with Crippen LogP contribution >= 0.6 is 0 Å². The van der Waals surface area contributed by atoms with E-state index in [0.29, 0.717) is 34.8 Å². The number of benzene rings is 2. The lowest BCUT2D eigenvalue weighted by atomic mass is 10.1. The minimum Gasteiger partial charge on any atom is -0.494 e. The molecule has 2 aromatic carbocycles. The van der Waals surface area contributed by atoms with Crippen molar-refractivity contribution >= 4 is 28.6 Å². The molecule has 0 saturated carbocycles. The predicted octanol–water partition coefficient (Wildman–Crippen LogP) is 3.26. The number of hydrogen-bond acceptors (Lipinski definition) is 8. The molecule has 3 aromatic rings. The van der Waals surface area contributed by atoms with Crippen molar-refractivity contribution in [2.24, 2.45) is 0 Å². The number of methoxy groups -OCH3 is 2. The third-order valence-electron chi connectivity index (χ3n) is 7.43. The maximum atomic E-state index is 14.4. The summed E-state index contributed by atoms with van der Waals surface area (Å²) in [6, 6.07) is 10.9. The summed E-state index contributed by atoms with van der Waals surface area (Å²) in [5, 5.41) is 5.79. The van der Waals surface area contributed by atoms with E-state index in [9.17, 15) is 23.2 Å². The summed E-state index contributed by atoms with van der Waals surface area (Å²) in [5.41, 5.74) is 1.55. The van der Waals surface area contributed by atoms with Crippen LogP contribution < -0.4 is 24.8 Å². The number of fused-ring (bicyclic) bond motifs is 1. The van der Waals surface area contributed by atoms with Crippen LogP contribution in [0.15, 0.2) is 48.7 Å². The maximum Gasteiger partial charge on any atom is 0.267 e. The first-order valence-electron chi connectivity index (χ1n) is 14.6. The number of pyridine rings is 1. The van der Waals surface area contributed by atoms with E-state index in [0.717, 1.165) is 23.4 Å². The second-order valence-electron chi connectivity index (χ2n) is 11.1. The van der Waals surface area contributed by atoms with Crippen LogP contribution in [0, 0.1) is 0 Å². The van der Waals surface area contributed by atoms with Crippen molar-refractivity contribution in [3.8, 4) is 17.2 Å². The molecule has 1 atom stereocenters. The van der Waals surface area contributed by atoms with Gasteiger partial charge in [-0.25, -0.2) is 8.78 Å². The molecule has 11 nitrogen and oxygen atoms in total. The molecule has 2 N–H and O–H groups in total. The Morgan fingerprint density at radius 3 is 2.56 bits per heavy atom. The van der Waals surface area contributed by atoms with Gasteiger partial charge in [-0.05, 0) is 62.5 Å². The highest BCUT2D eigenvalue weighted by molar-refractivity contribution is 6.07. The summed E-state index contributed by atoms with van der Waals surface area (Å²) in [6.45, 7) is 0.154. The Morgan fingerprint density at radius 1 is 1.04 bits per heavy atom. The number of alkyl halides is 2. The van der Waals surface area contributed by atoms with Crippen LogP contribution in [0.1, 0.15) is 35.2 Å². The first kappa shape index (κ1) is 33.4. The van der Waals surface area contributed by atoms with Gasteiger partial charge in [0.15, 0.2) is 11.5 Å². The third-order valence-corrected chi connectivity index (χ3v) is 7.43. The molecule has 0 unspecified atom stereocenters. The zero-order valence-electron chi connectivity index (χ0n) is 25.9. The van der Waals surface area contributed by atoms with Crippen LogP contribution in [-0.4, -0.2) is 99.0 Å². The van der Waals surface area contributed by atoms with Gasteiger partial charge in [0.25, 0.3) is 11.8 Å². The smallest absolute Gasteiger partial charge is 0.267 e. The monoisotopic (exact) mass is 627 g/mol. The first-order chi connectivity index (χ1) is 21.5. The van der Waals surface area contributed by atoms with Gasteiger partial charge in [-0.1, -0.05) is 6.07 Å². The average Bonchev–Trinajstić information content (AvgIpc) is 3.33. The summed E-state index contributed by atoms with van der Waals surface area (Å²) in [7, 11) is 6.96. The second-order valence-corrected chi connectivity index (χ2v) is 11.1. The fourth-order valence-electron chi connectivity index (χ4n) is 5.19.